The SMILES string of the molecule is O=C(Nc1ccc(N2CCN(C(=O)c3ccco3)CC2)cc1)c1ccc(N2CCCCC2)c([N+](=O)[O-])c1. The number of furan rings is 1. The number of nitro benzene ring substituents is 1. The van der Waals surface area contributed by atoms with Gasteiger partial charge in [0.25, 0.3) is 17.5 Å². The molecule has 1 aromatic heterocycles. The van der Waals surface area contributed by atoms with Gasteiger partial charge in [-0.1, -0.05) is 0 Å². The van der Waals surface area contributed by atoms with E-state index in [0.717, 1.165) is 38.0 Å². The molecular weight excluding hydrogens is 474 g/mol. The van der Waals surface area contributed by atoms with Crippen molar-refractivity contribution in [2.75, 3.05) is 54.4 Å². The van der Waals surface area contributed by atoms with E-state index in [-0.39, 0.29) is 17.2 Å². The second-order valence-corrected chi connectivity index (χ2v) is 9.27. The lowest BCUT2D eigenvalue weighted by molar-refractivity contribution is -0.384. The van der Waals surface area contributed by atoms with Crippen LogP contribution in [0.5, 0.6) is 0 Å². The number of nitro groups is 1. The molecule has 10 nitrogen and oxygen atoms in total. The zero-order valence-electron chi connectivity index (χ0n) is 20.5. The number of rotatable bonds is 6. The average Bonchev–Trinajstić information content (AvgIpc) is 3.48. The molecular formula is C27H29N5O5. The lowest BCUT2D eigenvalue weighted by Crippen LogP contribution is -2.48. The van der Waals surface area contributed by atoms with Crippen LogP contribution < -0.4 is 15.1 Å². The molecule has 0 saturated carbocycles. The summed E-state index contributed by atoms with van der Waals surface area (Å²) in [5, 5.41) is 14.6. The molecule has 2 amide bonds. The van der Waals surface area contributed by atoms with Gasteiger partial charge in [0.05, 0.1) is 11.2 Å². The maximum Gasteiger partial charge on any atom is 0.293 e. The fourth-order valence-corrected chi connectivity index (χ4v) is 4.90. The monoisotopic (exact) mass is 503 g/mol. The van der Waals surface area contributed by atoms with Crippen LogP contribution in [0.1, 0.15) is 40.2 Å². The predicted octanol–water partition coefficient (Wildman–Crippen LogP) is 4.39. The lowest BCUT2D eigenvalue weighted by atomic mass is 10.1. The number of nitrogens with one attached hydrogen (secondary N) is 1. The van der Waals surface area contributed by atoms with Crippen LogP contribution in [-0.2, 0) is 0 Å². The van der Waals surface area contributed by atoms with Gasteiger partial charge < -0.3 is 24.4 Å². The number of carbonyl (C=O) groups is 2. The van der Waals surface area contributed by atoms with Gasteiger partial charge in [0.1, 0.15) is 5.69 Å². The van der Waals surface area contributed by atoms with E-state index in [0.29, 0.717) is 43.3 Å². The smallest absolute Gasteiger partial charge is 0.293 e. The van der Waals surface area contributed by atoms with Gasteiger partial charge in [-0.05, 0) is 67.8 Å². The van der Waals surface area contributed by atoms with E-state index in [1.54, 1.807) is 29.2 Å². The molecule has 37 heavy (non-hydrogen) atoms. The summed E-state index contributed by atoms with van der Waals surface area (Å²) >= 11 is 0. The Kier molecular flexibility index (Phi) is 7.07. The summed E-state index contributed by atoms with van der Waals surface area (Å²) in [4.78, 5) is 42.6. The number of hydrogen-bond acceptors (Lipinski definition) is 7. The van der Waals surface area contributed by atoms with Crippen LogP contribution in [0.25, 0.3) is 0 Å². The number of benzene rings is 2. The Balaban J connectivity index is 1.20. The van der Waals surface area contributed by atoms with Gasteiger partial charge >= 0.3 is 0 Å². The Morgan fingerprint density at radius 3 is 2.24 bits per heavy atom. The Morgan fingerprint density at radius 2 is 1.59 bits per heavy atom. The first-order valence-electron chi connectivity index (χ1n) is 12.5. The van der Waals surface area contributed by atoms with Gasteiger partial charge in [0.15, 0.2) is 5.76 Å². The zero-order valence-corrected chi connectivity index (χ0v) is 20.5. The van der Waals surface area contributed by atoms with Gasteiger partial charge in [-0.15, -0.1) is 0 Å². The predicted molar refractivity (Wildman–Crippen MR) is 140 cm³/mol. The largest absolute Gasteiger partial charge is 0.459 e. The fourth-order valence-electron chi connectivity index (χ4n) is 4.90. The van der Waals surface area contributed by atoms with Crippen LogP contribution in [-0.4, -0.2) is 60.9 Å². The Bertz CT molecular complexity index is 1260. The summed E-state index contributed by atoms with van der Waals surface area (Å²) in [5.41, 5.74) is 2.35. The first-order chi connectivity index (χ1) is 18.0. The maximum absolute atomic E-state index is 12.9. The van der Waals surface area contributed by atoms with Gasteiger partial charge in [0, 0.05) is 62.3 Å². The minimum absolute atomic E-state index is 0.0467. The third kappa shape index (κ3) is 5.42. The second kappa shape index (κ2) is 10.7. The number of anilines is 3. The van der Waals surface area contributed by atoms with Gasteiger partial charge in [-0.3, -0.25) is 19.7 Å². The van der Waals surface area contributed by atoms with Crippen molar-refractivity contribution in [3.05, 3.63) is 82.3 Å². The second-order valence-electron chi connectivity index (χ2n) is 9.27. The van der Waals surface area contributed by atoms with Crippen LogP contribution >= 0.6 is 0 Å². The van der Waals surface area contributed by atoms with Crippen molar-refractivity contribution in [3.63, 3.8) is 0 Å². The van der Waals surface area contributed by atoms with E-state index in [1.165, 1.54) is 12.3 Å². The van der Waals surface area contributed by atoms with E-state index < -0.39 is 10.8 Å². The van der Waals surface area contributed by atoms with Gasteiger partial charge in [0.2, 0.25) is 0 Å². The standard InChI is InChI=1S/C27H29N5O5/c33-26(20-6-11-23(24(19-20)32(35)36)30-12-2-1-3-13-30)28-21-7-9-22(10-8-21)29-14-16-31(17-15-29)27(34)25-5-4-18-37-25/h4-11,18-19H,1-3,12-17H2,(H,28,33). The molecule has 3 heterocycles. The molecule has 2 aliphatic heterocycles. The van der Waals surface area contributed by atoms with Crippen LogP contribution in [0.3, 0.4) is 0 Å². The molecule has 0 radical (unpaired) electrons. The summed E-state index contributed by atoms with van der Waals surface area (Å²) in [6, 6.07) is 15.5. The zero-order chi connectivity index (χ0) is 25.8. The van der Waals surface area contributed by atoms with Crippen molar-refractivity contribution in [3.8, 4) is 0 Å². The van der Waals surface area contributed by atoms with E-state index in [1.807, 2.05) is 29.2 Å². The van der Waals surface area contributed by atoms with Crippen molar-refractivity contribution >= 4 is 34.6 Å². The van der Waals surface area contributed by atoms with Crippen molar-refractivity contribution in [2.45, 2.75) is 19.3 Å². The summed E-state index contributed by atoms with van der Waals surface area (Å²) in [6.07, 6.45) is 4.64. The highest BCUT2D eigenvalue weighted by molar-refractivity contribution is 6.05. The molecule has 0 bridgehead atoms. The topological polar surface area (TPSA) is 112 Å². The quantitative estimate of drug-likeness (QED) is 0.392. The minimum Gasteiger partial charge on any atom is -0.459 e. The lowest BCUT2D eigenvalue weighted by Gasteiger charge is -2.35. The molecule has 0 atom stereocenters. The summed E-state index contributed by atoms with van der Waals surface area (Å²) < 4.78 is 5.21. The van der Waals surface area contributed by atoms with Crippen molar-refractivity contribution in [1.82, 2.24) is 4.90 Å². The number of carbonyl (C=O) groups excluding carboxylic acids is 2. The Morgan fingerprint density at radius 1 is 0.865 bits per heavy atom. The first kappa shape index (κ1) is 24.4. The minimum atomic E-state index is -0.419. The fraction of sp³-hybridized carbons (Fsp3) is 0.333. The molecule has 3 aromatic rings. The highest BCUT2D eigenvalue weighted by Crippen LogP contribution is 2.31. The highest BCUT2D eigenvalue weighted by Gasteiger charge is 2.25. The molecule has 1 N–H and O–H groups in total. The van der Waals surface area contributed by atoms with Crippen molar-refractivity contribution in [1.29, 1.82) is 0 Å². The van der Waals surface area contributed by atoms with Crippen molar-refractivity contribution < 1.29 is 18.9 Å². The van der Waals surface area contributed by atoms with Crippen LogP contribution in [0.2, 0.25) is 0 Å². The Labute approximate surface area is 214 Å². The molecule has 10 heteroatoms. The molecule has 0 aliphatic carbocycles. The summed E-state index contributed by atoms with van der Waals surface area (Å²) in [7, 11) is 0. The third-order valence-corrected chi connectivity index (χ3v) is 6.92. The number of piperidine rings is 1. The molecule has 5 rings (SSSR count). The molecule has 2 aliphatic rings. The molecule has 0 unspecified atom stereocenters. The number of piperazine rings is 1. The maximum atomic E-state index is 12.9. The van der Waals surface area contributed by atoms with Crippen LogP contribution in [0.4, 0.5) is 22.7 Å². The molecule has 2 saturated heterocycles. The van der Waals surface area contributed by atoms with Gasteiger partial charge in [-0.2, -0.15) is 0 Å². The first-order valence-corrected chi connectivity index (χ1v) is 12.5. The number of hydrogen-bond donors (Lipinski definition) is 1. The molecule has 0 spiro atoms. The summed E-state index contributed by atoms with van der Waals surface area (Å²) in [5.74, 6) is -0.155. The number of amides is 2. The summed E-state index contributed by atoms with van der Waals surface area (Å²) in [6.45, 7) is 4.12. The van der Waals surface area contributed by atoms with Crippen LogP contribution in [0, 0.1) is 10.1 Å². The average molecular weight is 504 g/mol. The van der Waals surface area contributed by atoms with E-state index in [9.17, 15) is 19.7 Å². The molecule has 192 valence electrons. The van der Waals surface area contributed by atoms with Crippen molar-refractivity contribution in [2.24, 2.45) is 0 Å². The van der Waals surface area contributed by atoms with E-state index in [4.69, 9.17) is 4.42 Å². The highest BCUT2D eigenvalue weighted by atomic mass is 16.6. The van der Waals surface area contributed by atoms with Crippen LogP contribution in [0.15, 0.2) is 65.3 Å². The molecule has 2 aromatic carbocycles. The van der Waals surface area contributed by atoms with E-state index in [2.05, 4.69) is 10.2 Å². The number of nitrogens with zero attached hydrogens (tertiary/aromatic N) is 4. The van der Waals surface area contributed by atoms with Gasteiger partial charge in [-0.25, -0.2) is 0 Å². The Hall–Kier alpha value is -4.34. The normalized spacial score (nSPS) is 15.9. The molecule has 2 fully saturated rings. The third-order valence-electron chi connectivity index (χ3n) is 6.92. The van der Waals surface area contributed by atoms with E-state index >= 15 is 0 Å².